The van der Waals surface area contributed by atoms with Gasteiger partial charge in [-0.1, -0.05) is 51.8 Å². The lowest BCUT2D eigenvalue weighted by Crippen LogP contribution is -2.14. The van der Waals surface area contributed by atoms with Crippen LogP contribution < -0.4 is 5.73 Å². The number of aromatic nitrogens is 2. The Morgan fingerprint density at radius 1 is 1.24 bits per heavy atom. The molecule has 3 nitrogen and oxygen atoms in total. The van der Waals surface area contributed by atoms with Crippen molar-refractivity contribution in [2.45, 2.75) is 19.4 Å². The molecule has 2 aromatic carbocycles. The van der Waals surface area contributed by atoms with Gasteiger partial charge in [0, 0.05) is 29.4 Å². The maximum Gasteiger partial charge on any atom is 0.0722 e. The summed E-state index contributed by atoms with van der Waals surface area (Å²) in [5, 5.41) is 5.81. The van der Waals surface area contributed by atoms with Crippen LogP contribution in [0.15, 0.2) is 46.9 Å². The minimum Gasteiger partial charge on any atom is -0.324 e. The molecule has 0 aliphatic rings. The lowest BCUT2D eigenvalue weighted by atomic mass is 10.00. The van der Waals surface area contributed by atoms with Gasteiger partial charge in [0.25, 0.3) is 0 Å². The SMILES string of the molecule is Cc1ccc(Br)c(C(N)Cc2nn(C)c3ccccc23)c1. The molecule has 0 spiro atoms. The Morgan fingerprint density at radius 2 is 2.00 bits per heavy atom. The van der Waals surface area contributed by atoms with Crippen LogP contribution in [0.4, 0.5) is 0 Å². The first-order valence-electron chi connectivity index (χ1n) is 6.98. The van der Waals surface area contributed by atoms with E-state index < -0.39 is 0 Å². The van der Waals surface area contributed by atoms with Crippen molar-refractivity contribution in [2.24, 2.45) is 12.8 Å². The van der Waals surface area contributed by atoms with Gasteiger partial charge in [0.2, 0.25) is 0 Å². The molecular weight excluding hydrogens is 326 g/mol. The summed E-state index contributed by atoms with van der Waals surface area (Å²) in [5.74, 6) is 0. The summed E-state index contributed by atoms with van der Waals surface area (Å²) in [4.78, 5) is 0. The van der Waals surface area contributed by atoms with Gasteiger partial charge < -0.3 is 5.73 Å². The highest BCUT2D eigenvalue weighted by Gasteiger charge is 2.15. The number of hydrogen-bond acceptors (Lipinski definition) is 2. The fourth-order valence-corrected chi connectivity index (χ4v) is 3.25. The zero-order chi connectivity index (χ0) is 15.0. The van der Waals surface area contributed by atoms with Crippen molar-refractivity contribution >= 4 is 26.8 Å². The van der Waals surface area contributed by atoms with E-state index in [1.807, 2.05) is 23.9 Å². The predicted octanol–water partition coefficient (Wildman–Crippen LogP) is 3.89. The van der Waals surface area contributed by atoms with Crippen molar-refractivity contribution in [2.75, 3.05) is 0 Å². The van der Waals surface area contributed by atoms with Crippen LogP contribution in [0.2, 0.25) is 0 Å². The summed E-state index contributed by atoms with van der Waals surface area (Å²) in [7, 11) is 1.97. The van der Waals surface area contributed by atoms with Gasteiger partial charge in [0.1, 0.15) is 0 Å². The van der Waals surface area contributed by atoms with Gasteiger partial charge in [-0.25, -0.2) is 0 Å². The van der Waals surface area contributed by atoms with E-state index >= 15 is 0 Å². The van der Waals surface area contributed by atoms with Crippen LogP contribution in [-0.4, -0.2) is 9.78 Å². The molecule has 2 N–H and O–H groups in total. The van der Waals surface area contributed by atoms with Gasteiger partial charge in [-0.15, -0.1) is 0 Å². The molecule has 0 amide bonds. The number of fused-ring (bicyclic) bond motifs is 1. The predicted molar refractivity (Wildman–Crippen MR) is 90.2 cm³/mol. The molecule has 0 fully saturated rings. The summed E-state index contributed by atoms with van der Waals surface area (Å²) in [6.45, 7) is 2.08. The van der Waals surface area contributed by atoms with E-state index in [1.165, 1.54) is 10.9 Å². The van der Waals surface area contributed by atoms with E-state index in [0.717, 1.165) is 27.7 Å². The Hall–Kier alpha value is -1.65. The standard InChI is InChI=1S/C17H18BrN3/c1-11-7-8-14(18)13(9-11)15(19)10-16-12-5-3-4-6-17(12)21(2)20-16/h3-9,15H,10,19H2,1-2H3. The van der Waals surface area contributed by atoms with Crippen LogP contribution in [0.1, 0.15) is 22.9 Å². The van der Waals surface area contributed by atoms with Crippen LogP contribution in [0.25, 0.3) is 10.9 Å². The number of nitrogens with two attached hydrogens (primary N) is 1. The van der Waals surface area contributed by atoms with Crippen molar-refractivity contribution in [3.8, 4) is 0 Å². The number of para-hydroxylation sites is 1. The maximum absolute atomic E-state index is 6.42. The zero-order valence-corrected chi connectivity index (χ0v) is 13.8. The molecule has 1 heterocycles. The lowest BCUT2D eigenvalue weighted by molar-refractivity contribution is 0.679. The molecule has 0 radical (unpaired) electrons. The number of rotatable bonds is 3. The molecule has 1 atom stereocenters. The Bertz CT molecular complexity index is 792. The fourth-order valence-electron chi connectivity index (χ4n) is 2.71. The molecule has 0 saturated carbocycles. The highest BCUT2D eigenvalue weighted by Crippen LogP contribution is 2.27. The van der Waals surface area contributed by atoms with Crippen molar-refractivity contribution in [1.82, 2.24) is 9.78 Å². The second-order valence-corrected chi connectivity index (χ2v) is 6.28. The van der Waals surface area contributed by atoms with Crippen molar-refractivity contribution in [3.05, 3.63) is 63.8 Å². The van der Waals surface area contributed by atoms with Crippen LogP contribution in [0.3, 0.4) is 0 Å². The summed E-state index contributed by atoms with van der Waals surface area (Å²) in [5.41, 5.74) is 11.0. The molecular formula is C17H18BrN3. The van der Waals surface area contributed by atoms with E-state index in [4.69, 9.17) is 5.73 Å². The van der Waals surface area contributed by atoms with Crippen molar-refractivity contribution in [3.63, 3.8) is 0 Å². The number of nitrogens with zero attached hydrogens (tertiary/aromatic N) is 2. The zero-order valence-electron chi connectivity index (χ0n) is 12.2. The third-order valence-electron chi connectivity index (χ3n) is 3.80. The quantitative estimate of drug-likeness (QED) is 0.783. The second-order valence-electron chi connectivity index (χ2n) is 5.42. The third kappa shape index (κ3) is 2.74. The summed E-state index contributed by atoms with van der Waals surface area (Å²) in [6, 6.07) is 14.5. The topological polar surface area (TPSA) is 43.8 Å². The molecule has 0 aliphatic carbocycles. The highest BCUT2D eigenvalue weighted by atomic mass is 79.9. The van der Waals surface area contributed by atoms with Gasteiger partial charge in [0.05, 0.1) is 11.2 Å². The van der Waals surface area contributed by atoms with Crippen molar-refractivity contribution < 1.29 is 0 Å². The smallest absolute Gasteiger partial charge is 0.0722 e. The Labute approximate surface area is 132 Å². The molecule has 0 aliphatic heterocycles. The molecule has 3 rings (SSSR count). The van der Waals surface area contributed by atoms with E-state index in [0.29, 0.717) is 0 Å². The second kappa shape index (κ2) is 5.62. The lowest BCUT2D eigenvalue weighted by Gasteiger charge is -2.13. The van der Waals surface area contributed by atoms with Gasteiger partial charge in [-0.05, 0) is 24.6 Å². The Balaban J connectivity index is 1.96. The average Bonchev–Trinajstić information content (AvgIpc) is 2.78. The van der Waals surface area contributed by atoms with Gasteiger partial charge >= 0.3 is 0 Å². The number of aryl methyl sites for hydroxylation is 2. The van der Waals surface area contributed by atoms with Gasteiger partial charge in [-0.3, -0.25) is 4.68 Å². The number of halogens is 1. The number of benzene rings is 2. The van der Waals surface area contributed by atoms with Crippen molar-refractivity contribution in [1.29, 1.82) is 0 Å². The van der Waals surface area contributed by atoms with Crippen LogP contribution in [-0.2, 0) is 13.5 Å². The first kappa shape index (κ1) is 14.3. The largest absolute Gasteiger partial charge is 0.324 e. The average molecular weight is 344 g/mol. The molecule has 1 unspecified atom stereocenters. The highest BCUT2D eigenvalue weighted by molar-refractivity contribution is 9.10. The summed E-state index contributed by atoms with van der Waals surface area (Å²) >= 11 is 3.59. The molecule has 4 heteroatoms. The summed E-state index contributed by atoms with van der Waals surface area (Å²) < 4.78 is 2.98. The maximum atomic E-state index is 6.42. The molecule has 0 bridgehead atoms. The monoisotopic (exact) mass is 343 g/mol. The van der Waals surface area contributed by atoms with Crippen LogP contribution in [0.5, 0.6) is 0 Å². The minimum absolute atomic E-state index is 0.0717. The molecule has 0 saturated heterocycles. The van der Waals surface area contributed by atoms with E-state index in [1.54, 1.807) is 0 Å². The van der Waals surface area contributed by atoms with E-state index in [9.17, 15) is 0 Å². The first-order chi connectivity index (χ1) is 10.1. The van der Waals surface area contributed by atoms with Gasteiger partial charge in [0.15, 0.2) is 0 Å². The van der Waals surface area contributed by atoms with Crippen LogP contribution in [0, 0.1) is 6.92 Å². The fraction of sp³-hybridized carbons (Fsp3) is 0.235. The molecule has 21 heavy (non-hydrogen) atoms. The summed E-state index contributed by atoms with van der Waals surface area (Å²) in [6.07, 6.45) is 0.726. The van der Waals surface area contributed by atoms with Gasteiger partial charge in [-0.2, -0.15) is 5.10 Å². The first-order valence-corrected chi connectivity index (χ1v) is 7.78. The molecule has 1 aromatic heterocycles. The third-order valence-corrected chi connectivity index (χ3v) is 4.52. The Morgan fingerprint density at radius 3 is 2.81 bits per heavy atom. The van der Waals surface area contributed by atoms with E-state index in [-0.39, 0.29) is 6.04 Å². The molecule has 108 valence electrons. The molecule has 3 aromatic rings. The number of hydrogen-bond donors (Lipinski definition) is 1. The Kier molecular flexibility index (Phi) is 3.83. The normalized spacial score (nSPS) is 12.8. The van der Waals surface area contributed by atoms with E-state index in [2.05, 4.69) is 58.3 Å². The minimum atomic E-state index is -0.0717. The van der Waals surface area contributed by atoms with Crippen LogP contribution >= 0.6 is 15.9 Å².